The summed E-state index contributed by atoms with van der Waals surface area (Å²) in [6, 6.07) is 1.88. The van der Waals surface area contributed by atoms with Crippen LogP contribution in [-0.4, -0.2) is 50.3 Å². The summed E-state index contributed by atoms with van der Waals surface area (Å²) in [5, 5.41) is 0. The van der Waals surface area contributed by atoms with Crippen LogP contribution in [0.4, 0.5) is 14.5 Å². The molecule has 5 nitrogen and oxygen atoms in total. The van der Waals surface area contributed by atoms with E-state index >= 15 is 0 Å². The summed E-state index contributed by atoms with van der Waals surface area (Å²) in [7, 11) is -2.09. The third-order valence-electron chi connectivity index (χ3n) is 3.92. The second-order valence-corrected chi connectivity index (χ2v) is 7.09. The van der Waals surface area contributed by atoms with Crippen molar-refractivity contribution >= 4 is 15.7 Å². The Labute approximate surface area is 123 Å². The summed E-state index contributed by atoms with van der Waals surface area (Å²) in [6.07, 6.45) is 0.788. The van der Waals surface area contributed by atoms with Crippen LogP contribution in [0.3, 0.4) is 0 Å². The molecule has 1 atom stereocenters. The number of likely N-dealkylation sites (N-methyl/N-ethyl adjacent to an activating group) is 1. The minimum absolute atomic E-state index is 0.0781. The maximum Gasteiger partial charge on any atom is 0.246 e. The van der Waals surface area contributed by atoms with Crippen molar-refractivity contribution in [3.05, 3.63) is 23.8 Å². The van der Waals surface area contributed by atoms with E-state index in [2.05, 4.69) is 4.90 Å². The molecule has 0 aromatic heterocycles. The first-order chi connectivity index (χ1) is 9.78. The summed E-state index contributed by atoms with van der Waals surface area (Å²) in [4.78, 5) is 1.50. The fourth-order valence-electron chi connectivity index (χ4n) is 2.46. The average molecular weight is 319 g/mol. The molecule has 1 aromatic carbocycles. The molecule has 118 valence electrons. The quantitative estimate of drug-likeness (QED) is 0.852. The number of nitrogens with two attached hydrogens (primary N) is 1. The third-order valence-corrected chi connectivity index (χ3v) is 5.80. The highest BCUT2D eigenvalue weighted by Crippen LogP contribution is 2.27. The zero-order valence-electron chi connectivity index (χ0n) is 12.0. The topological polar surface area (TPSA) is 66.6 Å². The Morgan fingerprint density at radius 1 is 1.33 bits per heavy atom. The average Bonchev–Trinajstić information content (AvgIpc) is 2.44. The van der Waals surface area contributed by atoms with Crippen LogP contribution in [0.25, 0.3) is 0 Å². The number of nitrogen functional groups attached to an aromatic ring is 1. The molecule has 2 rings (SSSR count). The molecule has 1 aliphatic rings. The van der Waals surface area contributed by atoms with E-state index in [-0.39, 0.29) is 19.1 Å². The van der Waals surface area contributed by atoms with Gasteiger partial charge in [0.05, 0.1) is 0 Å². The van der Waals surface area contributed by atoms with Crippen LogP contribution in [0, 0.1) is 11.6 Å². The summed E-state index contributed by atoms with van der Waals surface area (Å²) >= 11 is 0. The van der Waals surface area contributed by atoms with E-state index < -0.39 is 32.2 Å². The monoisotopic (exact) mass is 319 g/mol. The predicted molar refractivity (Wildman–Crippen MR) is 76.2 cm³/mol. The fraction of sp³-hybridized carbons (Fsp3) is 0.538. The molecule has 0 radical (unpaired) electrons. The number of piperazine rings is 1. The molecule has 2 N–H and O–H groups in total. The second kappa shape index (κ2) is 5.86. The lowest BCUT2D eigenvalue weighted by molar-refractivity contribution is 0.144. The molecular weight excluding hydrogens is 300 g/mol. The molecule has 1 fully saturated rings. The van der Waals surface area contributed by atoms with Gasteiger partial charge in [-0.3, -0.25) is 0 Å². The van der Waals surface area contributed by atoms with Gasteiger partial charge in [0.25, 0.3) is 0 Å². The highest BCUT2D eigenvalue weighted by molar-refractivity contribution is 7.89. The smallest absolute Gasteiger partial charge is 0.246 e. The van der Waals surface area contributed by atoms with Crippen LogP contribution in [-0.2, 0) is 10.0 Å². The number of rotatable bonds is 3. The van der Waals surface area contributed by atoms with Crippen molar-refractivity contribution in [3.8, 4) is 0 Å². The Kier molecular flexibility index (Phi) is 4.50. The van der Waals surface area contributed by atoms with Crippen molar-refractivity contribution in [1.82, 2.24) is 9.21 Å². The SMILES string of the molecule is CCC1CN(S(=O)(=O)c2ccc(F)c(N)c2F)CCN1C. The fourth-order valence-corrected chi connectivity index (χ4v) is 4.01. The Morgan fingerprint density at radius 2 is 2.00 bits per heavy atom. The van der Waals surface area contributed by atoms with Gasteiger partial charge in [-0.25, -0.2) is 17.2 Å². The standard InChI is InChI=1S/C13H19F2N3O2S/c1-3-9-8-18(7-6-17(9)2)21(19,20)11-5-4-10(14)13(16)12(11)15/h4-5,9H,3,6-8,16H2,1-2H3. The first-order valence-electron chi connectivity index (χ1n) is 6.73. The van der Waals surface area contributed by atoms with Crippen LogP contribution < -0.4 is 5.73 Å². The third kappa shape index (κ3) is 2.88. The molecule has 1 saturated heterocycles. The van der Waals surface area contributed by atoms with Crippen molar-refractivity contribution in [1.29, 1.82) is 0 Å². The van der Waals surface area contributed by atoms with Gasteiger partial charge >= 0.3 is 0 Å². The number of anilines is 1. The van der Waals surface area contributed by atoms with E-state index in [1.54, 1.807) is 0 Å². The molecule has 0 aliphatic carbocycles. The summed E-state index contributed by atoms with van der Waals surface area (Å²) in [6.45, 7) is 3.09. The van der Waals surface area contributed by atoms with Crippen molar-refractivity contribution in [2.75, 3.05) is 32.4 Å². The lowest BCUT2D eigenvalue weighted by Gasteiger charge is -2.38. The van der Waals surface area contributed by atoms with Crippen molar-refractivity contribution in [3.63, 3.8) is 0 Å². The van der Waals surface area contributed by atoms with Crippen molar-refractivity contribution < 1.29 is 17.2 Å². The number of nitrogens with zero attached hydrogens (tertiary/aromatic N) is 2. The lowest BCUT2D eigenvalue weighted by atomic mass is 10.1. The maximum absolute atomic E-state index is 14.0. The van der Waals surface area contributed by atoms with E-state index in [4.69, 9.17) is 5.73 Å². The molecule has 1 heterocycles. The first-order valence-corrected chi connectivity index (χ1v) is 8.17. The molecule has 0 spiro atoms. The Morgan fingerprint density at radius 3 is 2.62 bits per heavy atom. The van der Waals surface area contributed by atoms with E-state index in [0.29, 0.717) is 6.54 Å². The number of hydrogen-bond acceptors (Lipinski definition) is 4. The van der Waals surface area contributed by atoms with Gasteiger partial charge < -0.3 is 10.6 Å². The van der Waals surface area contributed by atoms with Gasteiger partial charge in [-0.05, 0) is 25.6 Å². The zero-order valence-corrected chi connectivity index (χ0v) is 12.8. The van der Waals surface area contributed by atoms with E-state index in [1.165, 1.54) is 4.31 Å². The van der Waals surface area contributed by atoms with Gasteiger partial charge in [0.2, 0.25) is 10.0 Å². The number of hydrogen-bond donors (Lipinski definition) is 1. The Balaban J connectivity index is 2.37. The summed E-state index contributed by atoms with van der Waals surface area (Å²) in [5.74, 6) is -2.18. The van der Waals surface area contributed by atoms with Crippen LogP contribution in [0.15, 0.2) is 17.0 Å². The number of benzene rings is 1. The minimum Gasteiger partial charge on any atom is -0.394 e. The number of halogens is 2. The molecule has 0 amide bonds. The van der Waals surface area contributed by atoms with Gasteiger partial charge in [-0.1, -0.05) is 6.92 Å². The van der Waals surface area contributed by atoms with Crippen LogP contribution in [0.2, 0.25) is 0 Å². The van der Waals surface area contributed by atoms with Gasteiger partial charge in [-0.15, -0.1) is 0 Å². The molecule has 1 unspecified atom stereocenters. The Bertz CT molecular complexity index is 637. The molecule has 1 aromatic rings. The largest absolute Gasteiger partial charge is 0.394 e. The summed E-state index contributed by atoms with van der Waals surface area (Å²) in [5.41, 5.74) is 4.48. The predicted octanol–water partition coefficient (Wildman–Crippen LogP) is 1.26. The van der Waals surface area contributed by atoms with Crippen LogP contribution >= 0.6 is 0 Å². The highest BCUT2D eigenvalue weighted by Gasteiger charge is 2.34. The van der Waals surface area contributed by atoms with E-state index in [9.17, 15) is 17.2 Å². The van der Waals surface area contributed by atoms with Gasteiger partial charge in [0.15, 0.2) is 5.82 Å². The van der Waals surface area contributed by atoms with Gasteiger partial charge in [0.1, 0.15) is 16.4 Å². The molecule has 0 saturated carbocycles. The summed E-state index contributed by atoms with van der Waals surface area (Å²) < 4.78 is 53.5. The van der Waals surface area contributed by atoms with Crippen LogP contribution in [0.1, 0.15) is 13.3 Å². The zero-order chi connectivity index (χ0) is 15.8. The Hall–Kier alpha value is -1.25. The molecule has 21 heavy (non-hydrogen) atoms. The number of sulfonamides is 1. The first kappa shape index (κ1) is 16.1. The maximum atomic E-state index is 14.0. The van der Waals surface area contributed by atoms with Crippen molar-refractivity contribution in [2.45, 2.75) is 24.3 Å². The van der Waals surface area contributed by atoms with Gasteiger partial charge in [-0.2, -0.15) is 4.31 Å². The second-order valence-electron chi connectivity index (χ2n) is 5.18. The van der Waals surface area contributed by atoms with Crippen LogP contribution in [0.5, 0.6) is 0 Å². The minimum atomic E-state index is -4.01. The molecule has 8 heteroatoms. The highest BCUT2D eigenvalue weighted by atomic mass is 32.2. The van der Waals surface area contributed by atoms with E-state index in [1.807, 2.05) is 14.0 Å². The van der Waals surface area contributed by atoms with Crippen molar-refractivity contribution in [2.24, 2.45) is 0 Å². The molecular formula is C13H19F2N3O2S. The molecule has 1 aliphatic heterocycles. The molecule has 0 bridgehead atoms. The lowest BCUT2D eigenvalue weighted by Crippen LogP contribution is -2.52. The normalized spacial score (nSPS) is 21.6. The van der Waals surface area contributed by atoms with Gasteiger partial charge in [0, 0.05) is 25.7 Å². The van der Waals surface area contributed by atoms with E-state index in [0.717, 1.165) is 18.6 Å².